The molecular formula is C18H27ClN2O2. The summed E-state index contributed by atoms with van der Waals surface area (Å²) in [6.07, 6.45) is 4.29. The quantitative estimate of drug-likeness (QED) is 0.858. The summed E-state index contributed by atoms with van der Waals surface area (Å²) in [5.74, 6) is -0.00438. The standard InChI is InChI=1S/C18H27ClN2O2/c1-13-10-14(2)18(16(19)11-13)20-17(22)7-8-21(3)12-15-6-4-5-9-23-15/h10-11,15H,4-9,12H2,1-3H3,(H,20,22). The fourth-order valence-electron chi connectivity index (χ4n) is 2.96. The van der Waals surface area contributed by atoms with E-state index in [0.717, 1.165) is 36.4 Å². The fourth-order valence-corrected chi connectivity index (χ4v) is 3.33. The number of carbonyl (C=O) groups is 1. The number of hydrogen-bond acceptors (Lipinski definition) is 3. The number of ether oxygens (including phenoxy) is 1. The molecule has 1 saturated heterocycles. The Morgan fingerprint density at radius 2 is 2.17 bits per heavy atom. The summed E-state index contributed by atoms with van der Waals surface area (Å²) in [4.78, 5) is 14.3. The molecular weight excluding hydrogens is 312 g/mol. The van der Waals surface area contributed by atoms with Crippen LogP contribution in [0, 0.1) is 13.8 Å². The van der Waals surface area contributed by atoms with Crippen molar-refractivity contribution in [1.29, 1.82) is 0 Å². The fraction of sp³-hybridized carbons (Fsp3) is 0.611. The number of carbonyl (C=O) groups excluding carboxylic acids is 1. The van der Waals surface area contributed by atoms with Crippen molar-refractivity contribution in [2.75, 3.05) is 32.1 Å². The van der Waals surface area contributed by atoms with Gasteiger partial charge in [-0.2, -0.15) is 0 Å². The van der Waals surface area contributed by atoms with E-state index in [-0.39, 0.29) is 5.91 Å². The maximum atomic E-state index is 12.2. The molecule has 1 aromatic carbocycles. The van der Waals surface area contributed by atoms with Crippen LogP contribution in [0.2, 0.25) is 5.02 Å². The van der Waals surface area contributed by atoms with E-state index in [2.05, 4.69) is 10.2 Å². The summed E-state index contributed by atoms with van der Waals surface area (Å²) in [7, 11) is 2.04. The first-order valence-corrected chi connectivity index (χ1v) is 8.70. The maximum absolute atomic E-state index is 12.2. The van der Waals surface area contributed by atoms with Gasteiger partial charge in [-0.25, -0.2) is 0 Å². The van der Waals surface area contributed by atoms with Gasteiger partial charge in [-0.15, -0.1) is 0 Å². The molecule has 1 aliphatic rings. The predicted octanol–water partition coefficient (Wildman–Crippen LogP) is 3.79. The number of nitrogens with zero attached hydrogens (tertiary/aromatic N) is 1. The van der Waals surface area contributed by atoms with Gasteiger partial charge in [-0.1, -0.05) is 17.7 Å². The second-order valence-electron chi connectivity index (χ2n) is 6.49. The molecule has 0 saturated carbocycles. The highest BCUT2D eigenvalue weighted by Gasteiger charge is 2.16. The Kier molecular flexibility index (Phi) is 6.88. The number of amides is 1. The second kappa shape index (κ2) is 8.67. The number of benzene rings is 1. The minimum absolute atomic E-state index is 0.00438. The number of halogens is 1. The monoisotopic (exact) mass is 338 g/mol. The Morgan fingerprint density at radius 1 is 1.39 bits per heavy atom. The lowest BCUT2D eigenvalue weighted by atomic mass is 10.1. The molecule has 5 heteroatoms. The van der Waals surface area contributed by atoms with Crippen LogP contribution < -0.4 is 5.32 Å². The molecule has 1 aliphatic heterocycles. The molecule has 0 bridgehead atoms. The number of nitrogens with one attached hydrogen (secondary N) is 1. The molecule has 2 rings (SSSR count). The smallest absolute Gasteiger partial charge is 0.225 e. The molecule has 1 aromatic rings. The topological polar surface area (TPSA) is 41.6 Å². The Morgan fingerprint density at radius 3 is 2.83 bits per heavy atom. The van der Waals surface area contributed by atoms with Crippen molar-refractivity contribution in [2.45, 2.75) is 45.6 Å². The van der Waals surface area contributed by atoms with Gasteiger partial charge in [0.05, 0.1) is 16.8 Å². The summed E-state index contributed by atoms with van der Waals surface area (Å²) in [6, 6.07) is 3.89. The largest absolute Gasteiger partial charge is 0.377 e. The molecule has 0 aromatic heterocycles. The van der Waals surface area contributed by atoms with Gasteiger partial charge in [0.1, 0.15) is 0 Å². The van der Waals surface area contributed by atoms with Crippen molar-refractivity contribution in [3.05, 3.63) is 28.3 Å². The second-order valence-corrected chi connectivity index (χ2v) is 6.89. The molecule has 23 heavy (non-hydrogen) atoms. The Bertz CT molecular complexity index is 519. The van der Waals surface area contributed by atoms with Crippen LogP contribution in [0.1, 0.15) is 36.8 Å². The zero-order chi connectivity index (χ0) is 16.8. The van der Waals surface area contributed by atoms with E-state index in [9.17, 15) is 4.79 Å². The zero-order valence-electron chi connectivity index (χ0n) is 14.3. The van der Waals surface area contributed by atoms with Gasteiger partial charge < -0.3 is 15.0 Å². The van der Waals surface area contributed by atoms with Crippen LogP contribution in [0.3, 0.4) is 0 Å². The summed E-state index contributed by atoms with van der Waals surface area (Å²) >= 11 is 6.23. The number of anilines is 1. The zero-order valence-corrected chi connectivity index (χ0v) is 15.1. The van der Waals surface area contributed by atoms with E-state index in [4.69, 9.17) is 16.3 Å². The van der Waals surface area contributed by atoms with Crippen molar-refractivity contribution in [3.63, 3.8) is 0 Å². The van der Waals surface area contributed by atoms with Crippen LogP contribution in [-0.2, 0) is 9.53 Å². The van der Waals surface area contributed by atoms with Gasteiger partial charge in [-0.3, -0.25) is 4.79 Å². The highest BCUT2D eigenvalue weighted by atomic mass is 35.5. The van der Waals surface area contributed by atoms with Crippen LogP contribution in [-0.4, -0.2) is 43.7 Å². The normalized spacial score (nSPS) is 18.2. The maximum Gasteiger partial charge on any atom is 0.225 e. The van der Waals surface area contributed by atoms with Crippen LogP contribution >= 0.6 is 11.6 Å². The average Bonchev–Trinajstić information content (AvgIpc) is 2.50. The lowest BCUT2D eigenvalue weighted by Gasteiger charge is -2.27. The van der Waals surface area contributed by atoms with Crippen LogP contribution in [0.4, 0.5) is 5.69 Å². The number of aryl methyl sites for hydroxylation is 2. The molecule has 1 fully saturated rings. The highest BCUT2D eigenvalue weighted by molar-refractivity contribution is 6.34. The SMILES string of the molecule is Cc1cc(C)c(NC(=O)CCN(C)CC2CCCCO2)c(Cl)c1. The molecule has 1 heterocycles. The third-order valence-corrected chi connectivity index (χ3v) is 4.50. The van der Waals surface area contributed by atoms with Gasteiger partial charge in [0.15, 0.2) is 0 Å². The van der Waals surface area contributed by atoms with E-state index in [1.807, 2.05) is 33.0 Å². The third kappa shape index (κ3) is 5.79. The van der Waals surface area contributed by atoms with Crippen molar-refractivity contribution in [1.82, 2.24) is 4.90 Å². The molecule has 0 spiro atoms. The van der Waals surface area contributed by atoms with Crippen molar-refractivity contribution < 1.29 is 9.53 Å². The minimum Gasteiger partial charge on any atom is -0.377 e. The summed E-state index contributed by atoms with van der Waals surface area (Å²) in [5, 5.41) is 3.53. The number of likely N-dealkylation sites (N-methyl/N-ethyl adjacent to an activating group) is 1. The highest BCUT2D eigenvalue weighted by Crippen LogP contribution is 2.27. The lowest BCUT2D eigenvalue weighted by Crippen LogP contribution is -2.35. The summed E-state index contributed by atoms with van der Waals surface area (Å²) < 4.78 is 5.73. The Hall–Kier alpha value is -1.10. The van der Waals surface area contributed by atoms with Crippen molar-refractivity contribution >= 4 is 23.2 Å². The van der Waals surface area contributed by atoms with Crippen LogP contribution in [0.5, 0.6) is 0 Å². The predicted molar refractivity (Wildman–Crippen MR) is 95.3 cm³/mol. The molecule has 1 unspecified atom stereocenters. The van der Waals surface area contributed by atoms with Gasteiger partial charge in [-0.05, 0) is 57.4 Å². The Balaban J connectivity index is 1.78. The van der Waals surface area contributed by atoms with Crippen molar-refractivity contribution in [2.24, 2.45) is 0 Å². The first-order chi connectivity index (χ1) is 11.0. The van der Waals surface area contributed by atoms with Gasteiger partial charge >= 0.3 is 0 Å². The van der Waals surface area contributed by atoms with E-state index in [1.54, 1.807) is 0 Å². The summed E-state index contributed by atoms with van der Waals surface area (Å²) in [5.41, 5.74) is 2.81. The molecule has 0 aliphatic carbocycles. The molecule has 1 atom stereocenters. The minimum atomic E-state index is -0.00438. The molecule has 1 amide bonds. The number of rotatable bonds is 6. The molecule has 1 N–H and O–H groups in total. The molecule has 0 radical (unpaired) electrons. The van der Waals surface area contributed by atoms with E-state index < -0.39 is 0 Å². The summed E-state index contributed by atoms with van der Waals surface area (Å²) in [6.45, 7) is 6.42. The Labute approximate surface area is 144 Å². The van der Waals surface area contributed by atoms with Crippen LogP contribution in [0.25, 0.3) is 0 Å². The average molecular weight is 339 g/mol. The first-order valence-electron chi connectivity index (χ1n) is 8.32. The molecule has 128 valence electrons. The van der Waals surface area contributed by atoms with Crippen LogP contribution in [0.15, 0.2) is 12.1 Å². The lowest BCUT2D eigenvalue weighted by molar-refractivity contribution is -0.116. The van der Waals surface area contributed by atoms with Crippen molar-refractivity contribution in [3.8, 4) is 0 Å². The first kappa shape index (κ1) is 18.2. The van der Waals surface area contributed by atoms with Gasteiger partial charge in [0, 0.05) is 26.1 Å². The van der Waals surface area contributed by atoms with Gasteiger partial charge in [0.25, 0.3) is 0 Å². The van der Waals surface area contributed by atoms with E-state index in [0.29, 0.717) is 24.1 Å². The number of hydrogen-bond donors (Lipinski definition) is 1. The van der Waals surface area contributed by atoms with E-state index in [1.165, 1.54) is 12.8 Å². The van der Waals surface area contributed by atoms with Gasteiger partial charge in [0.2, 0.25) is 5.91 Å². The van der Waals surface area contributed by atoms with E-state index >= 15 is 0 Å². The molecule has 4 nitrogen and oxygen atoms in total. The third-order valence-electron chi connectivity index (χ3n) is 4.21.